The molecule has 0 aliphatic heterocycles. The second-order valence-corrected chi connectivity index (χ2v) is 6.94. The molecule has 0 radical (unpaired) electrons. The minimum atomic E-state index is -4.33. The van der Waals surface area contributed by atoms with Crippen LogP contribution in [0.3, 0.4) is 0 Å². The largest absolute Gasteiger partial charge is 0.416 e. The molecule has 0 aliphatic carbocycles. The van der Waals surface area contributed by atoms with Crippen molar-refractivity contribution in [3.05, 3.63) is 64.1 Å². The number of alkyl halides is 3. The first-order chi connectivity index (χ1) is 11.9. The highest BCUT2D eigenvalue weighted by Gasteiger charge is 2.29. The number of rotatable bonds is 4. The molecule has 0 aliphatic rings. The van der Waals surface area contributed by atoms with Crippen molar-refractivity contribution in [1.82, 2.24) is 14.9 Å². The van der Waals surface area contributed by atoms with E-state index in [2.05, 4.69) is 26.1 Å². The van der Waals surface area contributed by atoms with Crippen LogP contribution in [0, 0.1) is 0 Å². The molecule has 2 aromatic carbocycles. The van der Waals surface area contributed by atoms with E-state index in [4.69, 9.17) is 5.84 Å². The molecular formula is C16H12BrF3N4S. The smallest absolute Gasteiger partial charge is 0.335 e. The normalized spacial score (nSPS) is 11.7. The molecule has 0 saturated heterocycles. The van der Waals surface area contributed by atoms with Gasteiger partial charge in [0.15, 0.2) is 5.82 Å². The Bertz CT molecular complexity index is 878. The number of hydrogen-bond donors (Lipinski definition) is 1. The molecule has 25 heavy (non-hydrogen) atoms. The molecule has 1 aromatic heterocycles. The quantitative estimate of drug-likeness (QED) is 0.481. The lowest BCUT2D eigenvalue weighted by molar-refractivity contribution is -0.137. The maximum absolute atomic E-state index is 12.6. The zero-order chi connectivity index (χ0) is 18.0. The highest BCUT2D eigenvalue weighted by molar-refractivity contribution is 9.10. The maximum atomic E-state index is 12.6. The predicted octanol–water partition coefficient (Wildman–Crippen LogP) is 4.73. The summed E-state index contributed by atoms with van der Waals surface area (Å²) >= 11 is 4.74. The average Bonchev–Trinajstić information content (AvgIpc) is 2.94. The second kappa shape index (κ2) is 7.09. The van der Waals surface area contributed by atoms with Gasteiger partial charge in [-0.05, 0) is 29.8 Å². The minimum Gasteiger partial charge on any atom is -0.335 e. The van der Waals surface area contributed by atoms with Gasteiger partial charge in [-0.3, -0.25) is 0 Å². The molecule has 130 valence electrons. The van der Waals surface area contributed by atoms with Gasteiger partial charge >= 0.3 is 6.18 Å². The fraction of sp³-hybridized carbons (Fsp3) is 0.125. The van der Waals surface area contributed by atoms with Crippen LogP contribution in [0.1, 0.15) is 11.1 Å². The minimum absolute atomic E-state index is 0.434. The number of aromatic nitrogens is 3. The summed E-state index contributed by atoms with van der Waals surface area (Å²) in [6.45, 7) is 0. The van der Waals surface area contributed by atoms with Crippen LogP contribution in [-0.2, 0) is 11.9 Å². The van der Waals surface area contributed by atoms with E-state index in [1.54, 1.807) is 0 Å². The van der Waals surface area contributed by atoms with Crippen molar-refractivity contribution < 1.29 is 13.2 Å². The van der Waals surface area contributed by atoms with Crippen molar-refractivity contribution in [1.29, 1.82) is 0 Å². The number of hydrogen-bond acceptors (Lipinski definition) is 4. The summed E-state index contributed by atoms with van der Waals surface area (Å²) in [7, 11) is 0. The topological polar surface area (TPSA) is 56.7 Å². The number of thioether (sulfide) groups is 1. The third kappa shape index (κ3) is 3.98. The molecule has 0 saturated carbocycles. The number of nitrogens with two attached hydrogens (primary N) is 1. The van der Waals surface area contributed by atoms with Crippen LogP contribution in [0.15, 0.2) is 58.2 Å². The summed E-state index contributed by atoms with van der Waals surface area (Å²) in [6, 6.07) is 12.5. The van der Waals surface area contributed by atoms with E-state index in [1.807, 2.05) is 24.3 Å². The summed E-state index contributed by atoms with van der Waals surface area (Å²) in [5.74, 6) is 6.99. The van der Waals surface area contributed by atoms with Crippen LogP contribution >= 0.6 is 27.7 Å². The van der Waals surface area contributed by atoms with Crippen LogP contribution in [0.2, 0.25) is 0 Å². The van der Waals surface area contributed by atoms with Gasteiger partial charge in [-0.1, -0.05) is 52.0 Å². The van der Waals surface area contributed by atoms with Crippen molar-refractivity contribution in [3.8, 4) is 11.4 Å². The van der Waals surface area contributed by atoms with Crippen molar-refractivity contribution in [2.75, 3.05) is 5.84 Å². The monoisotopic (exact) mass is 428 g/mol. The van der Waals surface area contributed by atoms with Crippen molar-refractivity contribution >= 4 is 27.7 Å². The summed E-state index contributed by atoms with van der Waals surface area (Å²) in [5, 5.41) is 8.63. The fourth-order valence-electron chi connectivity index (χ4n) is 2.14. The van der Waals surface area contributed by atoms with E-state index in [1.165, 1.54) is 28.6 Å². The van der Waals surface area contributed by atoms with E-state index in [0.717, 1.165) is 27.7 Å². The van der Waals surface area contributed by atoms with E-state index in [0.29, 0.717) is 16.7 Å². The van der Waals surface area contributed by atoms with Gasteiger partial charge in [0, 0.05) is 15.8 Å². The van der Waals surface area contributed by atoms with Crippen molar-refractivity contribution in [3.63, 3.8) is 0 Å². The van der Waals surface area contributed by atoms with Gasteiger partial charge in [-0.15, -0.1) is 10.2 Å². The number of halogens is 4. The lowest BCUT2D eigenvalue weighted by Gasteiger charge is -2.08. The molecule has 3 rings (SSSR count). The Morgan fingerprint density at radius 1 is 1.04 bits per heavy atom. The molecule has 2 N–H and O–H groups in total. The lowest BCUT2D eigenvalue weighted by Crippen LogP contribution is -2.11. The van der Waals surface area contributed by atoms with E-state index >= 15 is 0 Å². The van der Waals surface area contributed by atoms with Crippen LogP contribution in [-0.4, -0.2) is 14.9 Å². The lowest BCUT2D eigenvalue weighted by atomic mass is 10.1. The third-order valence-electron chi connectivity index (χ3n) is 3.43. The zero-order valence-electron chi connectivity index (χ0n) is 12.7. The molecule has 0 atom stereocenters. The first-order valence-corrected chi connectivity index (χ1v) is 8.88. The third-order valence-corrected chi connectivity index (χ3v) is 5.13. The molecule has 3 aromatic rings. The van der Waals surface area contributed by atoms with Gasteiger partial charge in [0.25, 0.3) is 0 Å². The summed E-state index contributed by atoms with van der Waals surface area (Å²) in [6.07, 6.45) is -4.33. The van der Waals surface area contributed by atoms with Crippen molar-refractivity contribution in [2.45, 2.75) is 17.1 Å². The zero-order valence-corrected chi connectivity index (χ0v) is 15.1. The summed E-state index contributed by atoms with van der Waals surface area (Å²) in [4.78, 5) is 0. The van der Waals surface area contributed by atoms with Crippen molar-refractivity contribution in [2.24, 2.45) is 0 Å². The number of nitrogens with zero attached hydrogens (tertiary/aromatic N) is 3. The first kappa shape index (κ1) is 17.8. The molecule has 1 heterocycles. The SMILES string of the molecule is Nn1c(SCc2ccc(C(F)(F)F)cc2)nnc1-c1ccccc1Br. The molecular weight excluding hydrogens is 417 g/mol. The molecule has 0 bridgehead atoms. The van der Waals surface area contributed by atoms with Crippen LogP contribution in [0.5, 0.6) is 0 Å². The highest BCUT2D eigenvalue weighted by Crippen LogP contribution is 2.31. The second-order valence-electron chi connectivity index (χ2n) is 5.14. The molecule has 9 heteroatoms. The Labute approximate surface area is 154 Å². The standard InChI is InChI=1S/C16H12BrF3N4S/c17-13-4-2-1-3-12(13)14-22-23-15(24(14)21)25-9-10-5-7-11(8-6-10)16(18,19)20/h1-8H,9,21H2. The first-order valence-electron chi connectivity index (χ1n) is 7.10. The van der Waals surface area contributed by atoms with E-state index in [-0.39, 0.29) is 0 Å². The van der Waals surface area contributed by atoms with E-state index in [9.17, 15) is 13.2 Å². The molecule has 0 unspecified atom stereocenters. The number of nitrogen functional groups attached to an aromatic ring is 1. The highest BCUT2D eigenvalue weighted by atomic mass is 79.9. The van der Waals surface area contributed by atoms with Gasteiger partial charge in [-0.25, -0.2) is 4.68 Å². The van der Waals surface area contributed by atoms with Crippen LogP contribution in [0.25, 0.3) is 11.4 Å². The summed E-state index contributed by atoms with van der Waals surface area (Å²) in [5.41, 5.74) is 0.877. The Hall–Kier alpha value is -2.00. The van der Waals surface area contributed by atoms with Gasteiger partial charge in [0.2, 0.25) is 5.16 Å². The van der Waals surface area contributed by atoms with Gasteiger partial charge in [-0.2, -0.15) is 13.2 Å². The maximum Gasteiger partial charge on any atom is 0.416 e. The average molecular weight is 429 g/mol. The van der Waals surface area contributed by atoms with Crippen LogP contribution in [0.4, 0.5) is 13.2 Å². The fourth-order valence-corrected chi connectivity index (χ4v) is 3.41. The summed E-state index contributed by atoms with van der Waals surface area (Å²) < 4.78 is 39.9. The molecule has 0 spiro atoms. The molecule has 4 nitrogen and oxygen atoms in total. The van der Waals surface area contributed by atoms with Gasteiger partial charge in [0.05, 0.1) is 5.56 Å². The van der Waals surface area contributed by atoms with Gasteiger partial charge in [0.1, 0.15) is 0 Å². The van der Waals surface area contributed by atoms with Crippen LogP contribution < -0.4 is 5.84 Å². The predicted molar refractivity (Wildman–Crippen MR) is 94.3 cm³/mol. The Morgan fingerprint density at radius 3 is 2.36 bits per heavy atom. The molecule has 0 amide bonds. The molecule has 0 fully saturated rings. The number of benzene rings is 2. The Kier molecular flexibility index (Phi) is 5.05. The Balaban J connectivity index is 1.74. The Morgan fingerprint density at radius 2 is 1.72 bits per heavy atom. The van der Waals surface area contributed by atoms with Gasteiger partial charge < -0.3 is 5.84 Å². The van der Waals surface area contributed by atoms with E-state index < -0.39 is 11.7 Å².